The summed E-state index contributed by atoms with van der Waals surface area (Å²) >= 11 is 6.12. The average molecular weight is 457 g/mol. The Labute approximate surface area is 175 Å². The molecule has 1 heterocycles. The Hall–Kier alpha value is -2.10. The largest absolute Gasteiger partial charge is 0.378 e. The van der Waals surface area contributed by atoms with E-state index in [1.807, 2.05) is 31.1 Å². The summed E-state index contributed by atoms with van der Waals surface area (Å²) in [4.78, 5) is 14.5. The Kier molecular flexibility index (Phi) is 5.93. The first-order valence-electron chi connectivity index (χ1n) is 8.82. The molecule has 1 atom stereocenters. The highest BCUT2D eigenvalue weighted by molar-refractivity contribution is 7.96. The zero-order valence-electron chi connectivity index (χ0n) is 15.9. The number of amides is 1. The van der Waals surface area contributed by atoms with Crippen molar-refractivity contribution in [3.05, 3.63) is 53.1 Å². The molecule has 1 unspecified atom stereocenters. The van der Waals surface area contributed by atoms with Crippen molar-refractivity contribution in [1.82, 2.24) is 0 Å². The molecule has 0 aromatic heterocycles. The highest BCUT2D eigenvalue weighted by Gasteiger charge is 2.38. The summed E-state index contributed by atoms with van der Waals surface area (Å²) < 4.78 is 49.0. The van der Waals surface area contributed by atoms with Gasteiger partial charge in [-0.25, -0.2) is 16.8 Å². The zero-order chi connectivity index (χ0) is 21.4. The van der Waals surface area contributed by atoms with Crippen LogP contribution in [0.5, 0.6) is 0 Å². The molecule has 29 heavy (non-hydrogen) atoms. The molecule has 2 aromatic rings. The van der Waals surface area contributed by atoms with Crippen molar-refractivity contribution < 1.29 is 21.6 Å². The molecule has 1 aliphatic heterocycles. The molecule has 0 aliphatic carbocycles. The van der Waals surface area contributed by atoms with E-state index in [0.29, 0.717) is 5.69 Å². The van der Waals surface area contributed by atoms with Crippen molar-refractivity contribution in [2.45, 2.75) is 16.6 Å². The quantitative estimate of drug-likeness (QED) is 0.742. The van der Waals surface area contributed by atoms with Crippen molar-refractivity contribution in [2.24, 2.45) is 0 Å². The van der Waals surface area contributed by atoms with Gasteiger partial charge in [0, 0.05) is 25.5 Å². The minimum atomic E-state index is -3.89. The lowest BCUT2D eigenvalue weighted by atomic mass is 10.2. The minimum Gasteiger partial charge on any atom is -0.378 e. The van der Waals surface area contributed by atoms with Gasteiger partial charge in [-0.2, -0.15) is 0 Å². The molecule has 1 aliphatic rings. The summed E-state index contributed by atoms with van der Waals surface area (Å²) in [6.07, 6.45) is 0.0487. The van der Waals surface area contributed by atoms with E-state index in [9.17, 15) is 21.6 Å². The van der Waals surface area contributed by atoms with Crippen LogP contribution in [0.2, 0.25) is 5.02 Å². The summed E-state index contributed by atoms with van der Waals surface area (Å²) in [5, 5.41) is 1.79. The van der Waals surface area contributed by atoms with Crippen LogP contribution in [0.4, 0.5) is 11.4 Å². The summed E-state index contributed by atoms with van der Waals surface area (Å²) in [7, 11) is -3.46. The number of benzene rings is 2. The lowest BCUT2D eigenvalue weighted by Gasteiger charge is -2.14. The lowest BCUT2D eigenvalue weighted by Crippen LogP contribution is -2.23. The second-order valence-corrected chi connectivity index (χ2v) is 12.0. The summed E-state index contributed by atoms with van der Waals surface area (Å²) in [5.74, 6) is -1.11. The van der Waals surface area contributed by atoms with Gasteiger partial charge in [-0.05, 0) is 48.9 Å². The van der Waals surface area contributed by atoms with Crippen LogP contribution in [-0.2, 0) is 19.7 Å². The normalized spacial score (nSPS) is 18.4. The van der Waals surface area contributed by atoms with Crippen molar-refractivity contribution in [1.29, 1.82) is 0 Å². The SMILES string of the molecule is CN(C)c1ccc(NC(=O)c2cc(S(=O)(=O)C3CCS(=O)(=O)C3)ccc2Cl)cc1. The third-order valence-corrected chi connectivity index (χ3v) is 9.28. The van der Waals surface area contributed by atoms with Crippen molar-refractivity contribution in [3.63, 3.8) is 0 Å². The predicted octanol–water partition coefficient (Wildman–Crippen LogP) is 2.62. The first-order chi connectivity index (χ1) is 13.5. The molecule has 10 heteroatoms. The van der Waals surface area contributed by atoms with Gasteiger partial charge in [0.25, 0.3) is 5.91 Å². The van der Waals surface area contributed by atoms with Crippen LogP contribution in [-0.4, -0.2) is 53.6 Å². The predicted molar refractivity (Wildman–Crippen MR) is 114 cm³/mol. The molecule has 0 radical (unpaired) electrons. The van der Waals surface area contributed by atoms with E-state index in [1.165, 1.54) is 18.2 Å². The topological polar surface area (TPSA) is 101 Å². The van der Waals surface area contributed by atoms with Crippen LogP contribution in [0, 0.1) is 0 Å². The van der Waals surface area contributed by atoms with Crippen LogP contribution in [0.25, 0.3) is 0 Å². The third kappa shape index (κ3) is 4.73. The van der Waals surface area contributed by atoms with Crippen LogP contribution in [0.15, 0.2) is 47.4 Å². The van der Waals surface area contributed by atoms with Crippen molar-refractivity contribution in [2.75, 3.05) is 35.8 Å². The van der Waals surface area contributed by atoms with Crippen LogP contribution < -0.4 is 10.2 Å². The first-order valence-corrected chi connectivity index (χ1v) is 12.6. The second-order valence-electron chi connectivity index (χ2n) is 7.11. The van der Waals surface area contributed by atoms with Gasteiger partial charge < -0.3 is 10.2 Å². The van der Waals surface area contributed by atoms with E-state index in [0.717, 1.165) is 5.69 Å². The highest BCUT2D eigenvalue weighted by atomic mass is 35.5. The van der Waals surface area contributed by atoms with Gasteiger partial charge >= 0.3 is 0 Å². The molecule has 3 rings (SSSR count). The summed E-state index contributed by atoms with van der Waals surface area (Å²) in [6.45, 7) is 0. The van der Waals surface area contributed by atoms with E-state index >= 15 is 0 Å². The Bertz CT molecular complexity index is 1140. The fourth-order valence-electron chi connectivity index (χ4n) is 3.09. The smallest absolute Gasteiger partial charge is 0.257 e. The van der Waals surface area contributed by atoms with E-state index < -0.39 is 36.6 Å². The lowest BCUT2D eigenvalue weighted by molar-refractivity contribution is 0.102. The molecule has 1 saturated heterocycles. The molecule has 0 saturated carbocycles. The molecule has 1 N–H and O–H groups in total. The monoisotopic (exact) mass is 456 g/mol. The first kappa shape index (κ1) is 21.6. The number of carbonyl (C=O) groups excluding carboxylic acids is 1. The fourth-order valence-corrected chi connectivity index (χ4v) is 7.68. The Morgan fingerprint density at radius 3 is 2.34 bits per heavy atom. The maximum Gasteiger partial charge on any atom is 0.257 e. The van der Waals surface area contributed by atoms with E-state index in [1.54, 1.807) is 12.1 Å². The standard InChI is InChI=1S/C19H21ClN2O5S2/c1-22(2)14-5-3-13(4-6-14)21-19(23)17-11-15(7-8-18(17)20)29(26,27)16-9-10-28(24,25)12-16/h3-8,11,16H,9-10,12H2,1-2H3,(H,21,23). The Morgan fingerprint density at radius 1 is 1.14 bits per heavy atom. The molecule has 156 valence electrons. The van der Waals surface area contributed by atoms with Gasteiger partial charge in [0.05, 0.1) is 32.2 Å². The number of sulfone groups is 2. The number of nitrogens with zero attached hydrogens (tertiary/aromatic N) is 1. The molecular formula is C19H21ClN2O5S2. The van der Waals surface area contributed by atoms with Gasteiger partial charge in [0.2, 0.25) is 0 Å². The van der Waals surface area contributed by atoms with Gasteiger partial charge in [-0.1, -0.05) is 11.6 Å². The van der Waals surface area contributed by atoms with E-state index in [-0.39, 0.29) is 27.7 Å². The van der Waals surface area contributed by atoms with Crippen LogP contribution >= 0.6 is 11.6 Å². The molecule has 2 aromatic carbocycles. The maximum absolute atomic E-state index is 12.8. The fraction of sp³-hybridized carbons (Fsp3) is 0.316. The molecule has 1 fully saturated rings. The number of nitrogens with one attached hydrogen (secondary N) is 1. The number of hydrogen-bond donors (Lipinski definition) is 1. The summed E-state index contributed by atoms with van der Waals surface area (Å²) in [5.41, 5.74) is 1.50. The number of anilines is 2. The number of halogens is 1. The van der Waals surface area contributed by atoms with Gasteiger partial charge in [-0.15, -0.1) is 0 Å². The number of rotatable bonds is 5. The molecular weight excluding hydrogens is 436 g/mol. The Morgan fingerprint density at radius 2 is 1.79 bits per heavy atom. The molecule has 7 nitrogen and oxygen atoms in total. The zero-order valence-corrected chi connectivity index (χ0v) is 18.3. The second kappa shape index (κ2) is 7.97. The van der Waals surface area contributed by atoms with Crippen LogP contribution in [0.3, 0.4) is 0 Å². The van der Waals surface area contributed by atoms with Gasteiger partial charge in [-0.3, -0.25) is 4.79 Å². The van der Waals surface area contributed by atoms with E-state index in [2.05, 4.69) is 5.32 Å². The van der Waals surface area contributed by atoms with Gasteiger partial charge in [0.1, 0.15) is 0 Å². The maximum atomic E-state index is 12.8. The summed E-state index contributed by atoms with van der Waals surface area (Å²) in [6, 6.07) is 11.0. The molecule has 1 amide bonds. The number of carbonyl (C=O) groups is 1. The average Bonchev–Trinajstić information content (AvgIpc) is 3.03. The van der Waals surface area contributed by atoms with Crippen molar-refractivity contribution >= 4 is 48.6 Å². The third-order valence-electron chi connectivity index (χ3n) is 4.78. The minimum absolute atomic E-state index is 0.00489. The molecule has 0 spiro atoms. The van der Waals surface area contributed by atoms with Gasteiger partial charge in [0.15, 0.2) is 19.7 Å². The van der Waals surface area contributed by atoms with Crippen molar-refractivity contribution in [3.8, 4) is 0 Å². The van der Waals surface area contributed by atoms with E-state index in [4.69, 9.17) is 11.6 Å². The Balaban J connectivity index is 1.86. The molecule has 0 bridgehead atoms. The highest BCUT2D eigenvalue weighted by Crippen LogP contribution is 2.28. The van der Waals surface area contributed by atoms with Crippen LogP contribution in [0.1, 0.15) is 16.8 Å². The number of hydrogen-bond acceptors (Lipinski definition) is 6.